The molecule has 0 saturated carbocycles. The van der Waals surface area contributed by atoms with Gasteiger partial charge in [0, 0.05) is 30.1 Å². The van der Waals surface area contributed by atoms with Crippen molar-refractivity contribution in [2.45, 2.75) is 38.1 Å². The largest absolute Gasteiger partial charge is 0.458 e. The first-order valence-electron chi connectivity index (χ1n) is 10.6. The van der Waals surface area contributed by atoms with E-state index in [2.05, 4.69) is 6.58 Å². The molecule has 33 heavy (non-hydrogen) atoms. The van der Waals surface area contributed by atoms with Gasteiger partial charge in [-0.3, -0.25) is 0 Å². The predicted octanol–water partition coefficient (Wildman–Crippen LogP) is 3.03. The molecule has 0 spiro atoms. The molecule has 5 rings (SSSR count). The smallest absolute Gasteiger partial charge is 0.334 e. The number of carbonyl (C=O) groups excluding carboxylic acids is 3. The van der Waals surface area contributed by atoms with Crippen LogP contribution >= 0.6 is 0 Å². The van der Waals surface area contributed by atoms with Crippen LogP contribution in [0.25, 0.3) is 6.08 Å². The van der Waals surface area contributed by atoms with Crippen molar-refractivity contribution in [3.63, 3.8) is 0 Å². The molecule has 0 aromatic heterocycles. The Labute approximate surface area is 190 Å². The van der Waals surface area contributed by atoms with Gasteiger partial charge in [-0.1, -0.05) is 18.2 Å². The summed E-state index contributed by atoms with van der Waals surface area (Å²) in [5.74, 6) is -0.907. The lowest BCUT2D eigenvalue weighted by Gasteiger charge is -2.25. The van der Waals surface area contributed by atoms with Crippen molar-refractivity contribution < 1.29 is 38.1 Å². The molecule has 0 N–H and O–H groups in total. The van der Waals surface area contributed by atoms with Crippen LogP contribution < -0.4 is 9.47 Å². The second kappa shape index (κ2) is 8.27. The Balaban J connectivity index is 1.38. The average molecular weight is 450 g/mol. The van der Waals surface area contributed by atoms with Gasteiger partial charge in [-0.15, -0.1) is 0 Å². The minimum atomic E-state index is -0.781. The Kier molecular flexibility index (Phi) is 5.28. The molecule has 1 unspecified atom stereocenters. The number of fused-ring (bicyclic) bond motifs is 3. The van der Waals surface area contributed by atoms with Crippen molar-refractivity contribution in [1.29, 1.82) is 0 Å². The predicted molar refractivity (Wildman–Crippen MR) is 115 cm³/mol. The molecule has 4 aliphatic rings. The second-order valence-electron chi connectivity index (χ2n) is 8.40. The van der Waals surface area contributed by atoms with Crippen molar-refractivity contribution in [3.05, 3.63) is 65.3 Å². The second-order valence-corrected chi connectivity index (χ2v) is 8.40. The molecular formula is C25H22O8. The van der Waals surface area contributed by atoms with E-state index in [0.29, 0.717) is 23.5 Å². The zero-order valence-electron chi connectivity index (χ0n) is 17.9. The maximum atomic E-state index is 12.7. The van der Waals surface area contributed by atoms with Crippen molar-refractivity contribution >= 4 is 24.0 Å². The number of benzene rings is 1. The van der Waals surface area contributed by atoms with Gasteiger partial charge < -0.3 is 23.7 Å². The van der Waals surface area contributed by atoms with Gasteiger partial charge in [-0.2, -0.15) is 0 Å². The van der Waals surface area contributed by atoms with Crippen LogP contribution in [0.2, 0.25) is 0 Å². The molecule has 8 heteroatoms. The van der Waals surface area contributed by atoms with E-state index in [4.69, 9.17) is 23.7 Å². The molecule has 170 valence electrons. The topological polar surface area (TPSA) is 97.4 Å². The van der Waals surface area contributed by atoms with Gasteiger partial charge in [0.25, 0.3) is 0 Å². The minimum absolute atomic E-state index is 0.166. The highest BCUT2D eigenvalue weighted by Gasteiger charge is 2.46. The third-order valence-electron chi connectivity index (χ3n) is 6.04. The lowest BCUT2D eigenvalue weighted by atomic mass is 9.85. The third-order valence-corrected chi connectivity index (χ3v) is 6.04. The molecule has 2 bridgehead atoms. The van der Waals surface area contributed by atoms with Gasteiger partial charge >= 0.3 is 17.9 Å². The number of carbonyl (C=O) groups is 3. The van der Waals surface area contributed by atoms with E-state index in [1.54, 1.807) is 36.4 Å². The SMILES string of the molecule is C=C1C(=O)OC2CC3=C[C@@H](C/C(C)=C/[C@@H](OC(=O)/C=C/c4ccc5c(c4)OCO5)[C@H]12)OC3=O. The number of esters is 3. The molecule has 1 aromatic carbocycles. The fourth-order valence-corrected chi connectivity index (χ4v) is 4.47. The van der Waals surface area contributed by atoms with Crippen LogP contribution in [0.3, 0.4) is 0 Å². The van der Waals surface area contributed by atoms with Crippen molar-refractivity contribution in [2.75, 3.05) is 6.79 Å². The van der Waals surface area contributed by atoms with E-state index < -0.39 is 36.0 Å². The average Bonchev–Trinajstić information content (AvgIpc) is 3.44. The standard InChI is InChI=1S/C25H22O8/c1-13-7-17-10-16(25(28)31-17)11-21-23(14(2)24(27)33-21)20(8-13)32-22(26)6-4-15-3-5-18-19(9-15)30-12-29-18/h3-6,8-10,17,20-21,23H,2,7,11-12H2,1H3/b6-4+,13-8+/t17-,20-,21?,23+/m1/s1. The Morgan fingerprint density at radius 1 is 1.09 bits per heavy atom. The maximum Gasteiger partial charge on any atom is 0.334 e. The maximum absolute atomic E-state index is 12.7. The molecule has 8 nitrogen and oxygen atoms in total. The third kappa shape index (κ3) is 4.16. The van der Waals surface area contributed by atoms with Crippen molar-refractivity contribution in [3.8, 4) is 11.5 Å². The summed E-state index contributed by atoms with van der Waals surface area (Å²) >= 11 is 0. The summed E-state index contributed by atoms with van der Waals surface area (Å²) in [6.07, 6.45) is 5.27. The first-order valence-corrected chi connectivity index (χ1v) is 10.6. The van der Waals surface area contributed by atoms with Gasteiger partial charge in [-0.25, -0.2) is 14.4 Å². The molecule has 0 radical (unpaired) electrons. The quantitative estimate of drug-likeness (QED) is 0.300. The molecule has 1 saturated heterocycles. The lowest BCUT2D eigenvalue weighted by molar-refractivity contribution is -0.145. The van der Waals surface area contributed by atoms with E-state index in [1.165, 1.54) is 6.08 Å². The monoisotopic (exact) mass is 450 g/mol. The summed E-state index contributed by atoms with van der Waals surface area (Å²) in [6.45, 7) is 5.89. The molecular weight excluding hydrogens is 428 g/mol. The van der Waals surface area contributed by atoms with Crippen molar-refractivity contribution in [1.82, 2.24) is 0 Å². The summed E-state index contributed by atoms with van der Waals surface area (Å²) in [7, 11) is 0. The number of ether oxygens (including phenoxy) is 5. The van der Waals surface area contributed by atoms with Gasteiger partial charge in [-0.05, 0) is 42.8 Å². The summed E-state index contributed by atoms with van der Waals surface area (Å²) < 4.78 is 27.3. The Hall–Kier alpha value is -3.81. The number of hydrogen-bond donors (Lipinski definition) is 0. The Bertz CT molecular complexity index is 1140. The van der Waals surface area contributed by atoms with Crippen LogP contribution in [0.5, 0.6) is 11.5 Å². The van der Waals surface area contributed by atoms with Crippen molar-refractivity contribution in [2.24, 2.45) is 5.92 Å². The highest BCUT2D eigenvalue weighted by atomic mass is 16.7. The van der Waals surface area contributed by atoms with Gasteiger partial charge in [0.2, 0.25) is 6.79 Å². The molecule has 3 heterocycles. The summed E-state index contributed by atoms with van der Waals surface area (Å²) in [5.41, 5.74) is 2.27. The first-order chi connectivity index (χ1) is 15.9. The molecule has 4 atom stereocenters. The van der Waals surface area contributed by atoms with Crippen LogP contribution in [0, 0.1) is 5.92 Å². The van der Waals surface area contributed by atoms with Gasteiger partial charge in [0.15, 0.2) is 11.5 Å². The van der Waals surface area contributed by atoms with Gasteiger partial charge in [0.05, 0.1) is 5.92 Å². The van der Waals surface area contributed by atoms with Crippen LogP contribution in [-0.2, 0) is 28.6 Å². The minimum Gasteiger partial charge on any atom is -0.458 e. The Morgan fingerprint density at radius 3 is 2.76 bits per heavy atom. The van der Waals surface area contributed by atoms with Crippen LogP contribution in [0.15, 0.2) is 59.7 Å². The van der Waals surface area contributed by atoms with E-state index >= 15 is 0 Å². The highest BCUT2D eigenvalue weighted by Crippen LogP contribution is 2.38. The summed E-state index contributed by atoms with van der Waals surface area (Å²) in [5, 5.41) is 0. The lowest BCUT2D eigenvalue weighted by Crippen LogP contribution is -2.32. The fraction of sp³-hybridized carbons (Fsp3) is 0.320. The van der Waals surface area contributed by atoms with Crippen LogP contribution in [0.4, 0.5) is 0 Å². The highest BCUT2D eigenvalue weighted by molar-refractivity contribution is 5.93. The van der Waals surface area contributed by atoms with Crippen LogP contribution in [-0.4, -0.2) is 43.0 Å². The number of hydrogen-bond acceptors (Lipinski definition) is 8. The first kappa shape index (κ1) is 21.1. The molecule has 1 fully saturated rings. The zero-order chi connectivity index (χ0) is 23.1. The van der Waals surface area contributed by atoms with E-state index in [-0.39, 0.29) is 24.9 Å². The Morgan fingerprint density at radius 2 is 1.91 bits per heavy atom. The molecule has 1 aromatic rings. The molecule has 0 amide bonds. The molecule has 1 aliphatic carbocycles. The van der Waals surface area contributed by atoms with E-state index in [0.717, 1.165) is 11.1 Å². The van der Waals surface area contributed by atoms with Gasteiger partial charge in [0.1, 0.15) is 18.3 Å². The van der Waals surface area contributed by atoms with E-state index in [1.807, 2.05) is 6.92 Å². The zero-order valence-corrected chi connectivity index (χ0v) is 17.9. The summed E-state index contributed by atoms with van der Waals surface area (Å²) in [6, 6.07) is 5.33. The van der Waals surface area contributed by atoms with Crippen LogP contribution in [0.1, 0.15) is 25.3 Å². The van der Waals surface area contributed by atoms with E-state index in [9.17, 15) is 14.4 Å². The summed E-state index contributed by atoms with van der Waals surface area (Å²) in [4.78, 5) is 37.2. The molecule has 3 aliphatic heterocycles. The number of rotatable bonds is 3. The normalized spacial score (nSPS) is 29.7. The fourth-order valence-electron chi connectivity index (χ4n) is 4.47.